The zero-order valence-electron chi connectivity index (χ0n) is 12.4. The molecule has 0 radical (unpaired) electrons. The van der Waals surface area contributed by atoms with Gasteiger partial charge in [-0.1, -0.05) is 62.4 Å². The van der Waals surface area contributed by atoms with Gasteiger partial charge in [-0.25, -0.2) is 0 Å². The molecule has 1 aromatic heterocycles. The van der Waals surface area contributed by atoms with Crippen molar-refractivity contribution in [1.82, 2.24) is 4.57 Å². The second-order valence-corrected chi connectivity index (χ2v) is 5.69. The molecule has 0 amide bonds. The van der Waals surface area contributed by atoms with Gasteiger partial charge in [0.1, 0.15) is 0 Å². The molecule has 0 spiro atoms. The third-order valence-electron chi connectivity index (χ3n) is 3.77. The molecular formula is C19H19NO. The van der Waals surface area contributed by atoms with E-state index < -0.39 is 0 Å². The van der Waals surface area contributed by atoms with Crippen LogP contribution in [0, 0.1) is 5.92 Å². The number of Topliss-reactive ketones (excluding diaryl/α,β-unsaturated/α-hetero) is 1. The monoisotopic (exact) mass is 277 g/mol. The van der Waals surface area contributed by atoms with Gasteiger partial charge in [-0.3, -0.25) is 4.79 Å². The number of carbonyl (C=O) groups is 1. The summed E-state index contributed by atoms with van der Waals surface area (Å²) in [6.45, 7) is 4.68. The van der Waals surface area contributed by atoms with Crippen LogP contribution in [0.25, 0.3) is 10.9 Å². The lowest BCUT2D eigenvalue weighted by atomic mass is 10.0. The summed E-state index contributed by atoms with van der Waals surface area (Å²) in [5, 5.41) is 1.05. The summed E-state index contributed by atoms with van der Waals surface area (Å²) >= 11 is 0. The van der Waals surface area contributed by atoms with E-state index in [0.29, 0.717) is 0 Å². The van der Waals surface area contributed by atoms with Crippen LogP contribution in [0.1, 0.15) is 29.8 Å². The number of fused-ring (bicyclic) bond motifs is 1. The Kier molecular flexibility index (Phi) is 3.61. The minimum atomic E-state index is 0.0148. The van der Waals surface area contributed by atoms with E-state index in [1.165, 1.54) is 5.56 Å². The topological polar surface area (TPSA) is 22.0 Å². The van der Waals surface area contributed by atoms with E-state index in [2.05, 4.69) is 22.8 Å². The van der Waals surface area contributed by atoms with Crippen LogP contribution in [0.15, 0.2) is 60.8 Å². The normalized spacial score (nSPS) is 11.2. The van der Waals surface area contributed by atoms with Crippen molar-refractivity contribution < 1.29 is 4.79 Å². The average molecular weight is 277 g/mol. The average Bonchev–Trinajstić information content (AvgIpc) is 2.86. The molecule has 2 aromatic carbocycles. The predicted octanol–water partition coefficient (Wildman–Crippen LogP) is 4.53. The van der Waals surface area contributed by atoms with E-state index in [4.69, 9.17) is 0 Å². The Hall–Kier alpha value is -2.35. The van der Waals surface area contributed by atoms with E-state index in [-0.39, 0.29) is 11.7 Å². The predicted molar refractivity (Wildman–Crippen MR) is 86.7 cm³/mol. The molecule has 2 heteroatoms. The molecule has 2 nitrogen and oxygen atoms in total. The number of ketones is 1. The van der Waals surface area contributed by atoms with Crippen LogP contribution >= 0.6 is 0 Å². The molecule has 0 bridgehead atoms. The molecule has 21 heavy (non-hydrogen) atoms. The summed E-state index contributed by atoms with van der Waals surface area (Å²) in [4.78, 5) is 12.4. The largest absolute Gasteiger partial charge is 0.342 e. The molecule has 0 aliphatic rings. The lowest BCUT2D eigenvalue weighted by molar-refractivity contribution is 0.0941. The summed E-state index contributed by atoms with van der Waals surface area (Å²) in [5.41, 5.74) is 3.18. The van der Waals surface area contributed by atoms with Crippen LogP contribution in [0.5, 0.6) is 0 Å². The maximum Gasteiger partial charge on any atom is 0.167 e. The Morgan fingerprint density at radius 3 is 2.38 bits per heavy atom. The van der Waals surface area contributed by atoms with Crippen molar-refractivity contribution in [3.8, 4) is 0 Å². The van der Waals surface area contributed by atoms with Crippen molar-refractivity contribution in [1.29, 1.82) is 0 Å². The number of hydrogen-bond donors (Lipinski definition) is 0. The van der Waals surface area contributed by atoms with E-state index in [0.717, 1.165) is 23.0 Å². The highest BCUT2D eigenvalue weighted by Gasteiger charge is 2.17. The van der Waals surface area contributed by atoms with Gasteiger partial charge in [0.05, 0.1) is 0 Å². The third kappa shape index (κ3) is 2.62. The molecule has 106 valence electrons. The maximum absolute atomic E-state index is 12.4. The lowest BCUT2D eigenvalue weighted by Crippen LogP contribution is -2.06. The van der Waals surface area contributed by atoms with E-state index in [1.807, 2.05) is 56.4 Å². The summed E-state index contributed by atoms with van der Waals surface area (Å²) in [6.07, 6.45) is 2.00. The first-order chi connectivity index (χ1) is 10.2. The SMILES string of the molecule is CC(C)C(=O)c1cn(Cc2ccccc2)c2ccccc12. The summed E-state index contributed by atoms with van der Waals surface area (Å²) in [6, 6.07) is 18.5. The lowest BCUT2D eigenvalue weighted by Gasteiger charge is -2.05. The first-order valence-corrected chi connectivity index (χ1v) is 7.33. The molecule has 0 aliphatic carbocycles. The number of hydrogen-bond acceptors (Lipinski definition) is 1. The van der Waals surface area contributed by atoms with Gasteiger partial charge in [0.2, 0.25) is 0 Å². The fourth-order valence-electron chi connectivity index (χ4n) is 2.67. The fourth-order valence-corrected chi connectivity index (χ4v) is 2.67. The fraction of sp³-hybridized carbons (Fsp3) is 0.211. The second-order valence-electron chi connectivity index (χ2n) is 5.69. The van der Waals surface area contributed by atoms with Gasteiger partial charge >= 0.3 is 0 Å². The van der Waals surface area contributed by atoms with Crippen molar-refractivity contribution in [3.63, 3.8) is 0 Å². The van der Waals surface area contributed by atoms with Crippen LogP contribution in [-0.2, 0) is 6.54 Å². The maximum atomic E-state index is 12.4. The highest BCUT2D eigenvalue weighted by Crippen LogP contribution is 2.24. The Labute approximate surface area is 125 Å². The highest BCUT2D eigenvalue weighted by atomic mass is 16.1. The molecule has 0 saturated carbocycles. The molecule has 1 heterocycles. The first-order valence-electron chi connectivity index (χ1n) is 7.33. The molecule has 0 aliphatic heterocycles. The highest BCUT2D eigenvalue weighted by molar-refractivity contribution is 6.08. The van der Waals surface area contributed by atoms with Crippen LogP contribution < -0.4 is 0 Å². The number of nitrogens with zero attached hydrogens (tertiary/aromatic N) is 1. The van der Waals surface area contributed by atoms with Crippen molar-refractivity contribution in [2.24, 2.45) is 5.92 Å². The number of rotatable bonds is 4. The smallest absolute Gasteiger partial charge is 0.167 e. The Balaban J connectivity index is 2.09. The molecular weight excluding hydrogens is 258 g/mol. The number of para-hydroxylation sites is 1. The van der Waals surface area contributed by atoms with Gasteiger partial charge in [-0.05, 0) is 11.6 Å². The summed E-state index contributed by atoms with van der Waals surface area (Å²) < 4.78 is 2.17. The molecule has 0 saturated heterocycles. The van der Waals surface area contributed by atoms with E-state index in [1.54, 1.807) is 0 Å². The minimum Gasteiger partial charge on any atom is -0.342 e. The van der Waals surface area contributed by atoms with Crippen LogP contribution in [-0.4, -0.2) is 10.4 Å². The molecule has 0 atom stereocenters. The molecule has 3 aromatic rings. The van der Waals surface area contributed by atoms with Gasteiger partial charge < -0.3 is 4.57 Å². The van der Waals surface area contributed by atoms with Crippen LogP contribution in [0.3, 0.4) is 0 Å². The molecule has 0 N–H and O–H groups in total. The van der Waals surface area contributed by atoms with Gasteiger partial charge in [0.15, 0.2) is 5.78 Å². The first kappa shape index (κ1) is 13.6. The van der Waals surface area contributed by atoms with Crippen molar-refractivity contribution in [2.45, 2.75) is 20.4 Å². The quantitative estimate of drug-likeness (QED) is 0.642. The molecule has 3 rings (SSSR count). The Morgan fingerprint density at radius 1 is 1.00 bits per heavy atom. The number of benzene rings is 2. The van der Waals surface area contributed by atoms with Gasteiger partial charge in [0.25, 0.3) is 0 Å². The zero-order chi connectivity index (χ0) is 14.8. The number of aromatic nitrogens is 1. The standard InChI is InChI=1S/C19H19NO/c1-14(2)19(21)17-13-20(12-15-8-4-3-5-9-15)18-11-7-6-10-16(17)18/h3-11,13-14H,12H2,1-2H3. The van der Waals surface area contributed by atoms with E-state index >= 15 is 0 Å². The molecule has 0 fully saturated rings. The third-order valence-corrected chi connectivity index (χ3v) is 3.77. The number of carbonyl (C=O) groups excluding carboxylic acids is 1. The van der Waals surface area contributed by atoms with Crippen molar-refractivity contribution >= 4 is 16.7 Å². The zero-order valence-corrected chi connectivity index (χ0v) is 12.4. The van der Waals surface area contributed by atoms with Gasteiger partial charge in [0, 0.05) is 35.1 Å². The minimum absolute atomic E-state index is 0.0148. The van der Waals surface area contributed by atoms with Gasteiger partial charge in [-0.2, -0.15) is 0 Å². The van der Waals surface area contributed by atoms with Crippen molar-refractivity contribution in [3.05, 3.63) is 71.9 Å². The summed E-state index contributed by atoms with van der Waals surface area (Å²) in [7, 11) is 0. The van der Waals surface area contributed by atoms with Crippen molar-refractivity contribution in [2.75, 3.05) is 0 Å². The second kappa shape index (κ2) is 5.57. The van der Waals surface area contributed by atoms with Crippen LogP contribution in [0.2, 0.25) is 0 Å². The molecule has 0 unspecified atom stereocenters. The van der Waals surface area contributed by atoms with E-state index in [9.17, 15) is 4.79 Å². The Bertz CT molecular complexity index is 769. The van der Waals surface area contributed by atoms with Crippen LogP contribution in [0.4, 0.5) is 0 Å². The summed E-state index contributed by atoms with van der Waals surface area (Å²) in [5.74, 6) is 0.221. The van der Waals surface area contributed by atoms with Gasteiger partial charge in [-0.15, -0.1) is 0 Å². The Morgan fingerprint density at radius 2 is 1.67 bits per heavy atom.